The van der Waals surface area contributed by atoms with Gasteiger partial charge in [-0.2, -0.15) is 26.3 Å². The molecule has 108 valence electrons. The van der Waals surface area contributed by atoms with Gasteiger partial charge in [0.25, 0.3) is 0 Å². The molecule has 0 saturated carbocycles. The van der Waals surface area contributed by atoms with Crippen molar-refractivity contribution in [3.8, 4) is 6.01 Å². The van der Waals surface area contributed by atoms with E-state index in [4.69, 9.17) is 10.6 Å². The summed E-state index contributed by atoms with van der Waals surface area (Å²) in [6, 6.07) is 2.54. The third kappa shape index (κ3) is 4.04. The van der Waals surface area contributed by atoms with E-state index in [9.17, 15) is 0 Å². The van der Waals surface area contributed by atoms with Gasteiger partial charge in [0.05, 0.1) is 6.61 Å². The zero-order valence-electron chi connectivity index (χ0n) is 11.5. The van der Waals surface area contributed by atoms with Crippen molar-refractivity contribution in [3.63, 3.8) is 0 Å². The minimum Gasteiger partial charge on any atom is -0.464 e. The Labute approximate surface area is 121 Å². The minimum absolute atomic E-state index is 0.187. The summed E-state index contributed by atoms with van der Waals surface area (Å²) >= 11 is 1.69. The van der Waals surface area contributed by atoms with Crippen LogP contribution < -0.4 is 21.3 Å². The molecule has 0 amide bonds. The van der Waals surface area contributed by atoms with Crippen LogP contribution in [0.2, 0.25) is 0 Å². The molecule has 20 heavy (non-hydrogen) atoms. The van der Waals surface area contributed by atoms with Gasteiger partial charge < -0.3 is 10.1 Å². The van der Waals surface area contributed by atoms with E-state index in [1.807, 2.05) is 6.92 Å². The Morgan fingerprint density at radius 3 is 2.80 bits per heavy atom. The number of thiophene rings is 1. The van der Waals surface area contributed by atoms with Gasteiger partial charge in [-0.25, -0.2) is 5.84 Å². The van der Waals surface area contributed by atoms with Gasteiger partial charge in [-0.05, 0) is 42.7 Å². The van der Waals surface area contributed by atoms with E-state index in [1.165, 1.54) is 5.56 Å². The molecule has 1 unspecified atom stereocenters. The van der Waals surface area contributed by atoms with Gasteiger partial charge >= 0.3 is 6.01 Å². The number of nitrogens with two attached hydrogens (primary N) is 1. The van der Waals surface area contributed by atoms with Crippen molar-refractivity contribution in [1.29, 1.82) is 0 Å². The van der Waals surface area contributed by atoms with Crippen molar-refractivity contribution >= 4 is 23.2 Å². The highest BCUT2D eigenvalue weighted by molar-refractivity contribution is 7.07. The normalized spacial score (nSPS) is 11.9. The minimum atomic E-state index is 0.187. The van der Waals surface area contributed by atoms with Gasteiger partial charge in [-0.15, -0.1) is 0 Å². The first-order valence-electron chi connectivity index (χ1n) is 6.34. The predicted octanol–water partition coefficient (Wildman–Crippen LogP) is 1.66. The number of nitrogens with zero attached hydrogens (tertiary/aromatic N) is 3. The van der Waals surface area contributed by atoms with Gasteiger partial charge in [-0.3, -0.25) is 5.43 Å². The molecule has 0 fully saturated rings. The first-order chi connectivity index (χ1) is 9.71. The van der Waals surface area contributed by atoms with Crippen LogP contribution >= 0.6 is 11.3 Å². The topological polar surface area (TPSA) is 98.0 Å². The van der Waals surface area contributed by atoms with Crippen molar-refractivity contribution < 1.29 is 4.74 Å². The Hall–Kier alpha value is -1.93. The van der Waals surface area contributed by atoms with Gasteiger partial charge in [0.1, 0.15) is 0 Å². The first-order valence-corrected chi connectivity index (χ1v) is 7.28. The van der Waals surface area contributed by atoms with Crippen molar-refractivity contribution in [2.45, 2.75) is 26.3 Å². The third-order valence-electron chi connectivity index (χ3n) is 2.51. The van der Waals surface area contributed by atoms with E-state index in [2.05, 4.69) is 49.4 Å². The number of rotatable bonds is 7. The molecular weight excluding hydrogens is 276 g/mol. The van der Waals surface area contributed by atoms with Gasteiger partial charge in [0.15, 0.2) is 0 Å². The number of hydrazine groups is 1. The molecule has 4 N–H and O–H groups in total. The second kappa shape index (κ2) is 7.01. The lowest BCUT2D eigenvalue weighted by atomic mass is 10.1. The van der Waals surface area contributed by atoms with Crippen molar-refractivity contribution in [2.75, 3.05) is 17.3 Å². The second-order valence-corrected chi connectivity index (χ2v) is 5.00. The Balaban J connectivity index is 2.05. The van der Waals surface area contributed by atoms with E-state index in [0.717, 1.165) is 6.42 Å². The summed E-state index contributed by atoms with van der Waals surface area (Å²) in [6.45, 7) is 4.42. The Morgan fingerprint density at radius 1 is 1.35 bits per heavy atom. The third-order valence-corrected chi connectivity index (χ3v) is 3.25. The molecule has 0 aromatic carbocycles. The number of hydrogen-bond donors (Lipinski definition) is 3. The molecule has 2 rings (SSSR count). The molecule has 1 atom stereocenters. The largest absolute Gasteiger partial charge is 0.464 e. The summed E-state index contributed by atoms with van der Waals surface area (Å²) in [6.07, 6.45) is 0.893. The smallest absolute Gasteiger partial charge is 0.323 e. The highest BCUT2D eigenvalue weighted by Gasteiger charge is 2.10. The maximum absolute atomic E-state index is 5.34. The van der Waals surface area contributed by atoms with Crippen LogP contribution in [0.25, 0.3) is 0 Å². The number of hydrogen-bond acceptors (Lipinski definition) is 8. The van der Waals surface area contributed by atoms with Crippen molar-refractivity contribution in [3.05, 3.63) is 22.4 Å². The summed E-state index contributed by atoms with van der Waals surface area (Å²) in [4.78, 5) is 12.4. The van der Waals surface area contributed by atoms with Crippen molar-refractivity contribution in [1.82, 2.24) is 15.0 Å². The lowest BCUT2D eigenvalue weighted by Gasteiger charge is -2.14. The quantitative estimate of drug-likeness (QED) is 0.527. The van der Waals surface area contributed by atoms with Crippen LogP contribution in [0.15, 0.2) is 16.8 Å². The highest BCUT2D eigenvalue weighted by atomic mass is 32.1. The van der Waals surface area contributed by atoms with Crippen LogP contribution in [0.5, 0.6) is 6.01 Å². The summed E-state index contributed by atoms with van der Waals surface area (Å²) < 4.78 is 5.28. The molecule has 2 aromatic heterocycles. The lowest BCUT2D eigenvalue weighted by molar-refractivity contribution is 0.312. The van der Waals surface area contributed by atoms with Crippen LogP contribution in [0.1, 0.15) is 19.4 Å². The predicted molar refractivity (Wildman–Crippen MR) is 79.9 cm³/mol. The van der Waals surface area contributed by atoms with Crippen molar-refractivity contribution in [2.24, 2.45) is 5.84 Å². The van der Waals surface area contributed by atoms with Gasteiger partial charge in [0, 0.05) is 6.04 Å². The fourth-order valence-corrected chi connectivity index (χ4v) is 2.39. The first kappa shape index (κ1) is 14.5. The number of aromatic nitrogens is 3. The summed E-state index contributed by atoms with van der Waals surface area (Å²) in [5.41, 5.74) is 3.69. The maximum Gasteiger partial charge on any atom is 0.323 e. The van der Waals surface area contributed by atoms with Crippen LogP contribution in [0.3, 0.4) is 0 Å². The average Bonchev–Trinajstić information content (AvgIpc) is 2.91. The Bertz CT molecular complexity index is 533. The Kier molecular flexibility index (Phi) is 5.08. The van der Waals surface area contributed by atoms with E-state index < -0.39 is 0 Å². The zero-order chi connectivity index (χ0) is 14.4. The molecule has 2 aromatic rings. The molecule has 7 nitrogen and oxygen atoms in total. The van der Waals surface area contributed by atoms with Gasteiger partial charge in [0.2, 0.25) is 11.9 Å². The van der Waals surface area contributed by atoms with Crippen LogP contribution in [-0.4, -0.2) is 27.6 Å². The molecule has 0 saturated heterocycles. The van der Waals surface area contributed by atoms with Crippen LogP contribution in [0.4, 0.5) is 11.9 Å². The summed E-state index contributed by atoms with van der Waals surface area (Å²) in [7, 11) is 0. The lowest BCUT2D eigenvalue weighted by Crippen LogP contribution is -2.21. The highest BCUT2D eigenvalue weighted by Crippen LogP contribution is 2.14. The monoisotopic (exact) mass is 294 g/mol. The molecule has 0 radical (unpaired) electrons. The summed E-state index contributed by atoms with van der Waals surface area (Å²) in [5.74, 6) is 6.06. The van der Waals surface area contributed by atoms with Gasteiger partial charge in [-0.1, -0.05) is 0 Å². The van der Waals surface area contributed by atoms with E-state index in [1.54, 1.807) is 11.3 Å². The molecule has 0 aliphatic carbocycles. The molecule has 0 spiro atoms. The fourth-order valence-electron chi connectivity index (χ4n) is 1.71. The molecule has 0 aliphatic heterocycles. The van der Waals surface area contributed by atoms with Crippen LogP contribution in [0, 0.1) is 0 Å². The molecule has 0 aliphatic rings. The van der Waals surface area contributed by atoms with Crippen LogP contribution in [-0.2, 0) is 6.42 Å². The number of ether oxygens (including phenoxy) is 1. The summed E-state index contributed by atoms with van der Waals surface area (Å²) in [5, 5.41) is 7.41. The Morgan fingerprint density at radius 2 is 2.15 bits per heavy atom. The molecule has 0 bridgehead atoms. The zero-order valence-corrected chi connectivity index (χ0v) is 12.3. The standard InChI is InChI=1S/C12H18N6OS/c1-3-19-12-16-10(15-11(17-12)18-13)14-8(2)6-9-4-5-20-7-9/h4-5,7-8H,3,6,13H2,1-2H3,(H2,14,15,16,17,18). The molecule has 2 heterocycles. The number of nitrogens with one attached hydrogen (secondary N) is 2. The molecule has 8 heteroatoms. The maximum atomic E-state index is 5.34. The SMILES string of the molecule is CCOc1nc(NN)nc(NC(C)Cc2ccsc2)n1. The second-order valence-electron chi connectivity index (χ2n) is 4.22. The van der Waals surface area contributed by atoms with E-state index in [0.29, 0.717) is 12.6 Å². The fraction of sp³-hybridized carbons (Fsp3) is 0.417. The number of nitrogen functional groups attached to an aromatic ring is 1. The van der Waals surface area contributed by atoms with E-state index in [-0.39, 0.29) is 18.0 Å². The van der Waals surface area contributed by atoms with E-state index >= 15 is 0 Å². The number of anilines is 2. The molecular formula is C12H18N6OS. The average molecular weight is 294 g/mol.